The summed E-state index contributed by atoms with van der Waals surface area (Å²) in [4.78, 5) is 12.4. The van der Waals surface area contributed by atoms with Crippen LogP contribution in [0.3, 0.4) is 0 Å². The van der Waals surface area contributed by atoms with Gasteiger partial charge in [-0.2, -0.15) is 13.9 Å². The van der Waals surface area contributed by atoms with Gasteiger partial charge in [-0.1, -0.05) is 29.8 Å². The first kappa shape index (κ1) is 17.9. The average molecular weight is 378 g/mol. The van der Waals surface area contributed by atoms with Crippen molar-refractivity contribution in [2.45, 2.75) is 13.5 Å². The van der Waals surface area contributed by atoms with E-state index in [0.717, 1.165) is 0 Å². The Morgan fingerprint density at radius 2 is 2.00 bits per heavy atom. The molecule has 0 atom stereocenters. The van der Waals surface area contributed by atoms with Crippen molar-refractivity contribution >= 4 is 23.2 Å². The maximum Gasteiger partial charge on any atom is 0.387 e. The fraction of sp³-hybridized carbons (Fsp3) is 0.111. The van der Waals surface area contributed by atoms with Crippen LogP contribution in [-0.2, 0) is 0 Å². The summed E-state index contributed by atoms with van der Waals surface area (Å²) >= 11 is 6.12. The SMILES string of the molecule is Cc1c(NC(=O)c2cnn(-c3ccccc3Cl)c2)cccc1OC(F)F. The van der Waals surface area contributed by atoms with Crippen molar-refractivity contribution in [3.63, 3.8) is 0 Å². The van der Waals surface area contributed by atoms with Gasteiger partial charge in [0.25, 0.3) is 5.91 Å². The summed E-state index contributed by atoms with van der Waals surface area (Å²) in [5, 5.41) is 7.30. The second-order valence-corrected chi connectivity index (χ2v) is 5.79. The van der Waals surface area contributed by atoms with E-state index in [2.05, 4.69) is 15.2 Å². The summed E-state index contributed by atoms with van der Waals surface area (Å²) in [6.07, 6.45) is 2.93. The first-order valence-electron chi connectivity index (χ1n) is 7.61. The molecule has 134 valence electrons. The lowest BCUT2D eigenvalue weighted by Crippen LogP contribution is -2.13. The van der Waals surface area contributed by atoms with E-state index in [4.69, 9.17) is 11.6 Å². The second kappa shape index (κ2) is 7.53. The molecule has 0 aliphatic heterocycles. The molecule has 8 heteroatoms. The molecule has 1 aromatic heterocycles. The number of aromatic nitrogens is 2. The Balaban J connectivity index is 1.81. The predicted molar refractivity (Wildman–Crippen MR) is 94.3 cm³/mol. The van der Waals surface area contributed by atoms with Gasteiger partial charge >= 0.3 is 6.61 Å². The highest BCUT2D eigenvalue weighted by Crippen LogP contribution is 2.27. The van der Waals surface area contributed by atoms with E-state index >= 15 is 0 Å². The second-order valence-electron chi connectivity index (χ2n) is 5.39. The first-order valence-corrected chi connectivity index (χ1v) is 7.99. The van der Waals surface area contributed by atoms with Crippen LogP contribution in [0.5, 0.6) is 5.75 Å². The van der Waals surface area contributed by atoms with Crippen molar-refractivity contribution in [3.8, 4) is 11.4 Å². The third-order valence-corrected chi connectivity index (χ3v) is 4.01. The van der Waals surface area contributed by atoms with E-state index in [1.54, 1.807) is 37.3 Å². The van der Waals surface area contributed by atoms with Crippen LogP contribution in [0.2, 0.25) is 5.02 Å². The zero-order valence-corrected chi connectivity index (χ0v) is 14.4. The van der Waals surface area contributed by atoms with Gasteiger partial charge in [-0.3, -0.25) is 4.79 Å². The van der Waals surface area contributed by atoms with Crippen LogP contribution in [0.4, 0.5) is 14.5 Å². The number of para-hydroxylation sites is 1. The van der Waals surface area contributed by atoms with Crippen LogP contribution >= 0.6 is 11.6 Å². The van der Waals surface area contributed by atoms with Crippen molar-refractivity contribution in [2.75, 3.05) is 5.32 Å². The summed E-state index contributed by atoms with van der Waals surface area (Å²) in [6.45, 7) is -1.35. The fourth-order valence-corrected chi connectivity index (χ4v) is 2.60. The number of carbonyl (C=O) groups excluding carboxylic acids is 1. The minimum absolute atomic E-state index is 0.00422. The highest BCUT2D eigenvalue weighted by atomic mass is 35.5. The quantitative estimate of drug-likeness (QED) is 0.702. The zero-order valence-electron chi connectivity index (χ0n) is 13.6. The number of hydrogen-bond donors (Lipinski definition) is 1. The molecule has 0 radical (unpaired) electrons. The molecule has 0 bridgehead atoms. The summed E-state index contributed by atoms with van der Waals surface area (Å²) in [6, 6.07) is 11.6. The summed E-state index contributed by atoms with van der Waals surface area (Å²) in [5.74, 6) is -0.426. The van der Waals surface area contributed by atoms with Crippen LogP contribution < -0.4 is 10.1 Å². The molecular weight excluding hydrogens is 364 g/mol. The third-order valence-electron chi connectivity index (χ3n) is 3.69. The van der Waals surface area contributed by atoms with Gasteiger partial charge in [-0.05, 0) is 31.2 Å². The molecule has 0 fully saturated rings. The molecule has 0 saturated heterocycles. The summed E-state index contributed by atoms with van der Waals surface area (Å²) in [7, 11) is 0. The molecule has 1 heterocycles. The number of anilines is 1. The molecular formula is C18H14ClF2N3O2. The number of alkyl halides is 2. The maximum atomic E-state index is 12.4. The van der Waals surface area contributed by atoms with E-state index in [1.807, 2.05) is 0 Å². The van der Waals surface area contributed by atoms with Gasteiger partial charge in [0.1, 0.15) is 5.75 Å². The number of halogens is 3. The summed E-state index contributed by atoms with van der Waals surface area (Å²) < 4.78 is 30.8. The number of amides is 1. The number of ether oxygens (including phenoxy) is 1. The Labute approximate surface area is 153 Å². The Hall–Kier alpha value is -2.93. The lowest BCUT2D eigenvalue weighted by molar-refractivity contribution is -0.0502. The van der Waals surface area contributed by atoms with Crippen LogP contribution in [-0.4, -0.2) is 22.3 Å². The molecule has 3 aromatic rings. The topological polar surface area (TPSA) is 56.2 Å². The monoisotopic (exact) mass is 377 g/mol. The van der Waals surface area contributed by atoms with Gasteiger partial charge in [0.05, 0.1) is 22.5 Å². The predicted octanol–water partition coefficient (Wildman–Crippen LogP) is 4.69. The van der Waals surface area contributed by atoms with E-state index in [1.165, 1.54) is 29.2 Å². The molecule has 26 heavy (non-hydrogen) atoms. The van der Waals surface area contributed by atoms with Gasteiger partial charge in [0, 0.05) is 17.4 Å². The number of carbonyl (C=O) groups is 1. The van der Waals surface area contributed by atoms with Gasteiger partial charge in [0.15, 0.2) is 0 Å². The van der Waals surface area contributed by atoms with Crippen molar-refractivity contribution in [1.82, 2.24) is 9.78 Å². The van der Waals surface area contributed by atoms with Crippen LogP contribution in [0, 0.1) is 6.92 Å². The zero-order chi connectivity index (χ0) is 18.7. The van der Waals surface area contributed by atoms with Crippen LogP contribution in [0.25, 0.3) is 5.69 Å². The normalized spacial score (nSPS) is 10.8. The molecule has 1 amide bonds. The van der Waals surface area contributed by atoms with E-state index in [-0.39, 0.29) is 5.75 Å². The van der Waals surface area contributed by atoms with Crippen molar-refractivity contribution in [1.29, 1.82) is 0 Å². The molecule has 0 spiro atoms. The number of rotatable bonds is 5. The Bertz CT molecular complexity index is 944. The molecule has 5 nitrogen and oxygen atoms in total. The minimum Gasteiger partial charge on any atom is -0.434 e. The lowest BCUT2D eigenvalue weighted by atomic mass is 10.1. The molecule has 0 unspecified atom stereocenters. The number of hydrogen-bond acceptors (Lipinski definition) is 3. The molecule has 2 aromatic carbocycles. The largest absolute Gasteiger partial charge is 0.434 e. The Kier molecular flexibility index (Phi) is 5.18. The van der Waals surface area contributed by atoms with Crippen molar-refractivity contribution in [3.05, 3.63) is 71.0 Å². The first-order chi connectivity index (χ1) is 12.5. The highest BCUT2D eigenvalue weighted by molar-refractivity contribution is 6.32. The smallest absolute Gasteiger partial charge is 0.387 e. The fourth-order valence-electron chi connectivity index (χ4n) is 2.38. The maximum absolute atomic E-state index is 12.4. The minimum atomic E-state index is -2.94. The van der Waals surface area contributed by atoms with E-state index < -0.39 is 12.5 Å². The third kappa shape index (κ3) is 3.83. The number of nitrogens with one attached hydrogen (secondary N) is 1. The van der Waals surface area contributed by atoms with Crippen LogP contribution in [0.15, 0.2) is 54.9 Å². The average Bonchev–Trinajstić information content (AvgIpc) is 3.08. The van der Waals surface area contributed by atoms with Gasteiger partial charge in [0.2, 0.25) is 0 Å². The molecule has 3 rings (SSSR count). The molecule has 0 aliphatic rings. The van der Waals surface area contributed by atoms with Crippen LogP contribution in [0.1, 0.15) is 15.9 Å². The molecule has 0 aliphatic carbocycles. The Morgan fingerprint density at radius 3 is 2.73 bits per heavy atom. The van der Waals surface area contributed by atoms with Gasteiger partial charge < -0.3 is 10.1 Å². The molecule has 1 N–H and O–H groups in total. The summed E-state index contributed by atoms with van der Waals surface area (Å²) in [5.41, 5.74) is 1.71. The van der Waals surface area contributed by atoms with Crippen molar-refractivity contribution in [2.24, 2.45) is 0 Å². The highest BCUT2D eigenvalue weighted by Gasteiger charge is 2.15. The standard InChI is InChI=1S/C18H14ClF2N3O2/c1-11-14(6-4-8-16(11)26-18(20)21)23-17(25)12-9-22-24(10-12)15-7-3-2-5-13(15)19/h2-10,18H,1H3,(H,23,25). The Morgan fingerprint density at radius 1 is 1.23 bits per heavy atom. The van der Waals surface area contributed by atoms with Crippen molar-refractivity contribution < 1.29 is 18.3 Å². The number of nitrogens with zero attached hydrogens (tertiary/aromatic N) is 2. The van der Waals surface area contributed by atoms with Gasteiger partial charge in [-0.25, -0.2) is 4.68 Å². The number of benzene rings is 2. The molecule has 0 saturated carbocycles. The van der Waals surface area contributed by atoms with Gasteiger partial charge in [-0.15, -0.1) is 0 Å². The van der Waals surface area contributed by atoms with E-state index in [0.29, 0.717) is 27.5 Å². The van der Waals surface area contributed by atoms with E-state index in [9.17, 15) is 13.6 Å². The lowest BCUT2D eigenvalue weighted by Gasteiger charge is -2.12.